The fourth-order valence-corrected chi connectivity index (χ4v) is 6.31. The molecule has 0 aromatic carbocycles. The zero-order valence-corrected chi connectivity index (χ0v) is 17.4. The maximum Gasteiger partial charge on any atom is 0.293 e. The molecule has 2 aromatic rings. The van der Waals surface area contributed by atoms with Gasteiger partial charge >= 0.3 is 0 Å². The van der Waals surface area contributed by atoms with Crippen LogP contribution in [0.1, 0.15) is 48.5 Å². The van der Waals surface area contributed by atoms with Gasteiger partial charge in [0, 0.05) is 29.9 Å². The molecule has 3 heterocycles. The van der Waals surface area contributed by atoms with E-state index in [-0.39, 0.29) is 12.0 Å². The van der Waals surface area contributed by atoms with Crippen LogP contribution in [0, 0.1) is 0 Å². The van der Waals surface area contributed by atoms with Crippen molar-refractivity contribution in [3.63, 3.8) is 0 Å². The molecule has 1 saturated heterocycles. The molecule has 7 nitrogen and oxygen atoms in total. The van der Waals surface area contributed by atoms with Crippen molar-refractivity contribution < 1.29 is 19.0 Å². The van der Waals surface area contributed by atoms with Crippen molar-refractivity contribution in [3.8, 4) is 5.88 Å². The minimum atomic E-state index is 0.201. The van der Waals surface area contributed by atoms with E-state index in [1.165, 1.54) is 10.4 Å². The molecule has 3 aliphatic rings. The lowest BCUT2D eigenvalue weighted by Crippen LogP contribution is -2.46. The molecule has 29 heavy (non-hydrogen) atoms. The van der Waals surface area contributed by atoms with E-state index in [9.17, 15) is 4.79 Å². The standard InChI is InChI=1S/C21H27N3O4S/c25-13-27-11-14-1-6-17-18(14)19-20(22-12-23-21(19)29-17)28-16-4-2-15(3-5-16)24-7-9-26-10-8-24/h12-16H,1-11H2/t14-,15-,16-/m1/s1. The number of carbonyl (C=O) groups is 1. The van der Waals surface area contributed by atoms with Crippen molar-refractivity contribution in [2.45, 2.75) is 56.6 Å². The van der Waals surface area contributed by atoms with Crippen LogP contribution in [0.5, 0.6) is 5.88 Å². The van der Waals surface area contributed by atoms with Crippen molar-refractivity contribution in [1.29, 1.82) is 0 Å². The van der Waals surface area contributed by atoms with Gasteiger partial charge in [0.2, 0.25) is 5.88 Å². The average molecular weight is 418 g/mol. The molecule has 0 spiro atoms. The number of hydrogen-bond acceptors (Lipinski definition) is 8. The zero-order chi connectivity index (χ0) is 19.6. The summed E-state index contributed by atoms with van der Waals surface area (Å²) in [6.45, 7) is 4.76. The molecule has 2 fully saturated rings. The summed E-state index contributed by atoms with van der Waals surface area (Å²) in [7, 11) is 0. The SMILES string of the molecule is O=COC[C@H]1CCc2sc3ncnc(O[C@H]4CC[C@H](N5CCOCC5)CC4)c3c21. The van der Waals surface area contributed by atoms with Crippen LogP contribution in [0.25, 0.3) is 10.2 Å². The Hall–Kier alpha value is -1.77. The minimum absolute atomic E-state index is 0.201. The molecular formula is C21H27N3O4S. The van der Waals surface area contributed by atoms with Gasteiger partial charge in [-0.05, 0) is 44.1 Å². The molecule has 8 heteroatoms. The number of aryl methyl sites for hydroxylation is 1. The summed E-state index contributed by atoms with van der Waals surface area (Å²) in [5.41, 5.74) is 1.24. The van der Waals surface area contributed by atoms with Crippen molar-refractivity contribution in [1.82, 2.24) is 14.9 Å². The third-order valence-electron chi connectivity index (χ3n) is 6.54. The molecule has 0 N–H and O–H groups in total. The highest BCUT2D eigenvalue weighted by molar-refractivity contribution is 7.19. The highest BCUT2D eigenvalue weighted by atomic mass is 32.1. The molecule has 2 aromatic heterocycles. The normalized spacial score (nSPS) is 27.7. The van der Waals surface area contributed by atoms with Crippen molar-refractivity contribution >= 4 is 28.0 Å². The van der Waals surface area contributed by atoms with E-state index in [4.69, 9.17) is 14.2 Å². The van der Waals surface area contributed by atoms with E-state index >= 15 is 0 Å². The first-order valence-corrected chi connectivity index (χ1v) is 11.4. The van der Waals surface area contributed by atoms with Gasteiger partial charge in [0.15, 0.2) is 0 Å². The number of thiophene rings is 1. The van der Waals surface area contributed by atoms with Crippen LogP contribution in [0.4, 0.5) is 0 Å². The number of fused-ring (bicyclic) bond motifs is 3. The van der Waals surface area contributed by atoms with Crippen LogP contribution in [0.15, 0.2) is 6.33 Å². The van der Waals surface area contributed by atoms with Gasteiger partial charge in [-0.3, -0.25) is 9.69 Å². The van der Waals surface area contributed by atoms with Crippen LogP contribution in [0.3, 0.4) is 0 Å². The first kappa shape index (κ1) is 19.2. The lowest BCUT2D eigenvalue weighted by Gasteiger charge is -2.38. The van der Waals surface area contributed by atoms with Gasteiger partial charge in [0.25, 0.3) is 6.47 Å². The average Bonchev–Trinajstić information content (AvgIpc) is 3.33. The van der Waals surface area contributed by atoms with E-state index in [1.54, 1.807) is 17.7 Å². The Balaban J connectivity index is 1.30. The molecule has 0 amide bonds. The Morgan fingerprint density at radius 3 is 2.79 bits per heavy atom. The van der Waals surface area contributed by atoms with Gasteiger partial charge in [0.05, 0.1) is 25.2 Å². The van der Waals surface area contributed by atoms with E-state index in [1.807, 2.05) is 0 Å². The quantitative estimate of drug-likeness (QED) is 0.669. The second-order valence-corrected chi connectivity index (χ2v) is 9.24. The summed E-state index contributed by atoms with van der Waals surface area (Å²) in [5.74, 6) is 0.926. The maximum atomic E-state index is 10.7. The van der Waals surface area contributed by atoms with Crippen LogP contribution in [0.2, 0.25) is 0 Å². The lowest BCUT2D eigenvalue weighted by atomic mass is 9.91. The summed E-state index contributed by atoms with van der Waals surface area (Å²) in [4.78, 5) is 24.6. The number of carbonyl (C=O) groups excluding carboxylic acids is 1. The van der Waals surface area contributed by atoms with E-state index in [0.717, 1.165) is 75.0 Å². The zero-order valence-electron chi connectivity index (χ0n) is 16.5. The first-order valence-electron chi connectivity index (χ1n) is 10.6. The predicted octanol–water partition coefficient (Wildman–Crippen LogP) is 2.92. The second-order valence-electron chi connectivity index (χ2n) is 8.16. The third kappa shape index (κ3) is 3.85. The topological polar surface area (TPSA) is 73.8 Å². The highest BCUT2D eigenvalue weighted by Gasteiger charge is 2.32. The Labute approximate surface area is 174 Å². The molecule has 1 aliphatic heterocycles. The van der Waals surface area contributed by atoms with Gasteiger partial charge in [-0.25, -0.2) is 9.97 Å². The monoisotopic (exact) mass is 417 g/mol. The third-order valence-corrected chi connectivity index (χ3v) is 7.72. The number of rotatable bonds is 6. The molecule has 1 atom stereocenters. The van der Waals surface area contributed by atoms with E-state index in [2.05, 4.69) is 14.9 Å². The van der Waals surface area contributed by atoms with Crippen LogP contribution >= 0.6 is 11.3 Å². The van der Waals surface area contributed by atoms with Gasteiger partial charge < -0.3 is 14.2 Å². The Kier molecular flexibility index (Phi) is 5.65. The summed E-state index contributed by atoms with van der Waals surface area (Å²) in [5, 5.41) is 1.04. The number of hydrogen-bond donors (Lipinski definition) is 0. The molecule has 2 aliphatic carbocycles. The smallest absolute Gasteiger partial charge is 0.293 e. The minimum Gasteiger partial charge on any atom is -0.474 e. The van der Waals surface area contributed by atoms with Gasteiger partial charge in [-0.2, -0.15) is 0 Å². The summed E-state index contributed by atoms with van der Waals surface area (Å²) < 4.78 is 17.0. The molecule has 5 rings (SSSR count). The first-order chi connectivity index (χ1) is 14.3. The van der Waals surface area contributed by atoms with Crippen molar-refractivity contribution in [2.24, 2.45) is 0 Å². The molecule has 0 unspecified atom stereocenters. The van der Waals surface area contributed by atoms with E-state index in [0.29, 0.717) is 25.0 Å². The Morgan fingerprint density at radius 1 is 1.17 bits per heavy atom. The Morgan fingerprint density at radius 2 is 2.00 bits per heavy atom. The van der Waals surface area contributed by atoms with Gasteiger partial charge in [-0.1, -0.05) is 0 Å². The van der Waals surface area contributed by atoms with Crippen LogP contribution in [-0.4, -0.2) is 66.4 Å². The molecule has 0 bridgehead atoms. The van der Waals surface area contributed by atoms with Crippen LogP contribution in [-0.2, 0) is 20.7 Å². The fraction of sp³-hybridized carbons (Fsp3) is 0.667. The van der Waals surface area contributed by atoms with E-state index < -0.39 is 0 Å². The van der Waals surface area contributed by atoms with Gasteiger partial charge in [-0.15, -0.1) is 11.3 Å². The summed E-state index contributed by atoms with van der Waals surface area (Å²) in [6, 6.07) is 0.652. The number of ether oxygens (including phenoxy) is 3. The second kappa shape index (κ2) is 8.53. The fourth-order valence-electron chi connectivity index (χ4n) is 5.08. The predicted molar refractivity (Wildman–Crippen MR) is 110 cm³/mol. The molecular weight excluding hydrogens is 390 g/mol. The summed E-state index contributed by atoms with van der Waals surface area (Å²) >= 11 is 1.73. The summed E-state index contributed by atoms with van der Waals surface area (Å²) in [6.07, 6.45) is 8.26. The number of nitrogens with zero attached hydrogens (tertiary/aromatic N) is 3. The highest BCUT2D eigenvalue weighted by Crippen LogP contribution is 2.46. The number of morpholine rings is 1. The molecule has 156 valence electrons. The largest absolute Gasteiger partial charge is 0.474 e. The maximum absolute atomic E-state index is 10.7. The van der Waals surface area contributed by atoms with Crippen LogP contribution < -0.4 is 4.74 Å². The number of aromatic nitrogens is 2. The Bertz CT molecular complexity index is 859. The van der Waals surface area contributed by atoms with Crippen molar-refractivity contribution in [3.05, 3.63) is 16.8 Å². The molecule has 0 radical (unpaired) electrons. The van der Waals surface area contributed by atoms with Gasteiger partial charge in [0.1, 0.15) is 17.3 Å². The van der Waals surface area contributed by atoms with Crippen molar-refractivity contribution in [2.75, 3.05) is 32.9 Å². The lowest BCUT2D eigenvalue weighted by molar-refractivity contribution is -0.129. The molecule has 1 saturated carbocycles.